The summed E-state index contributed by atoms with van der Waals surface area (Å²) < 4.78 is 13.3. The topological polar surface area (TPSA) is 49.3 Å². The van der Waals surface area contributed by atoms with E-state index in [0.717, 1.165) is 5.57 Å². The van der Waals surface area contributed by atoms with Crippen LogP contribution in [0.4, 0.5) is 4.39 Å². The van der Waals surface area contributed by atoms with E-state index in [9.17, 15) is 14.3 Å². The highest BCUT2D eigenvalue weighted by atomic mass is 35.5. The van der Waals surface area contributed by atoms with Crippen LogP contribution in [-0.4, -0.2) is 17.6 Å². The van der Waals surface area contributed by atoms with Gasteiger partial charge in [-0.05, 0) is 31.5 Å². The summed E-state index contributed by atoms with van der Waals surface area (Å²) in [5, 5.41) is 11.8. The van der Waals surface area contributed by atoms with Crippen molar-refractivity contribution in [3.63, 3.8) is 0 Å². The predicted molar refractivity (Wildman–Crippen MR) is 68.8 cm³/mol. The van der Waals surface area contributed by atoms with E-state index >= 15 is 0 Å². The Labute approximate surface area is 110 Å². The number of nitrogens with one attached hydrogen (secondary N) is 1. The van der Waals surface area contributed by atoms with Crippen LogP contribution in [-0.2, 0) is 4.79 Å². The lowest BCUT2D eigenvalue weighted by Crippen LogP contribution is -2.29. The molecule has 0 saturated heterocycles. The summed E-state index contributed by atoms with van der Waals surface area (Å²) in [6.07, 6.45) is 1.41. The second-order valence-corrected chi connectivity index (χ2v) is 4.55. The van der Waals surface area contributed by atoms with E-state index in [0.29, 0.717) is 5.56 Å². The summed E-state index contributed by atoms with van der Waals surface area (Å²) in [4.78, 5) is 11.5. The zero-order valence-corrected chi connectivity index (χ0v) is 11.0. The van der Waals surface area contributed by atoms with E-state index in [2.05, 4.69) is 5.32 Å². The van der Waals surface area contributed by atoms with Gasteiger partial charge in [-0.25, -0.2) is 4.39 Å². The number of benzene rings is 1. The van der Waals surface area contributed by atoms with Crippen LogP contribution in [0.3, 0.4) is 0 Å². The van der Waals surface area contributed by atoms with E-state index in [4.69, 9.17) is 11.6 Å². The number of carbonyl (C=O) groups excluding carboxylic acids is 1. The minimum Gasteiger partial charge on any atom is -0.394 e. The number of aliphatic hydroxyl groups excluding tert-OH is 1. The molecule has 1 unspecified atom stereocenters. The lowest BCUT2D eigenvalue weighted by Gasteiger charge is -2.16. The average Bonchev–Trinajstić information content (AvgIpc) is 2.29. The number of amides is 1. The summed E-state index contributed by atoms with van der Waals surface area (Å²) in [6, 6.07) is 3.50. The highest BCUT2D eigenvalue weighted by Crippen LogP contribution is 2.20. The molecule has 0 aliphatic carbocycles. The number of halogens is 2. The van der Waals surface area contributed by atoms with Crippen molar-refractivity contribution >= 4 is 17.5 Å². The Kier molecular flexibility index (Phi) is 5.31. The van der Waals surface area contributed by atoms with Crippen molar-refractivity contribution in [3.05, 3.63) is 46.3 Å². The van der Waals surface area contributed by atoms with Gasteiger partial charge in [0.1, 0.15) is 5.82 Å². The van der Waals surface area contributed by atoms with Gasteiger partial charge in [0.05, 0.1) is 17.7 Å². The van der Waals surface area contributed by atoms with Gasteiger partial charge in [-0.15, -0.1) is 0 Å². The van der Waals surface area contributed by atoms with E-state index in [1.165, 1.54) is 18.2 Å². The second-order valence-electron chi connectivity index (χ2n) is 4.14. The molecule has 18 heavy (non-hydrogen) atoms. The lowest BCUT2D eigenvalue weighted by atomic mass is 10.1. The van der Waals surface area contributed by atoms with Crippen molar-refractivity contribution in [1.29, 1.82) is 0 Å². The molecule has 5 heteroatoms. The fourth-order valence-corrected chi connectivity index (χ4v) is 1.56. The second kappa shape index (κ2) is 6.52. The molecule has 0 fully saturated rings. The highest BCUT2D eigenvalue weighted by Gasteiger charge is 2.14. The van der Waals surface area contributed by atoms with Gasteiger partial charge in [0.25, 0.3) is 0 Å². The third-order valence-corrected chi connectivity index (χ3v) is 2.57. The molecule has 0 aliphatic rings. The van der Waals surface area contributed by atoms with Gasteiger partial charge in [0, 0.05) is 6.08 Å². The highest BCUT2D eigenvalue weighted by molar-refractivity contribution is 6.30. The largest absolute Gasteiger partial charge is 0.394 e. The van der Waals surface area contributed by atoms with Crippen LogP contribution < -0.4 is 5.32 Å². The minimum atomic E-state index is -0.653. The molecule has 0 spiro atoms. The van der Waals surface area contributed by atoms with E-state index in [1.54, 1.807) is 19.9 Å². The molecular formula is C13H15ClFNO2. The Bertz CT molecular complexity index is 470. The Hall–Kier alpha value is -1.39. The first kappa shape index (κ1) is 14.7. The molecule has 1 aromatic carbocycles. The van der Waals surface area contributed by atoms with Crippen molar-refractivity contribution in [1.82, 2.24) is 5.32 Å². The summed E-state index contributed by atoms with van der Waals surface area (Å²) in [5.41, 5.74) is 1.31. The summed E-state index contributed by atoms with van der Waals surface area (Å²) in [6.45, 7) is 3.26. The molecule has 1 aromatic rings. The zero-order chi connectivity index (χ0) is 13.7. The predicted octanol–water partition coefficient (Wildman–Crippen LogP) is 2.59. The summed E-state index contributed by atoms with van der Waals surface area (Å²) in [5.74, 6) is -0.909. The Morgan fingerprint density at radius 1 is 1.56 bits per heavy atom. The lowest BCUT2D eigenvalue weighted by molar-refractivity contribution is -0.117. The molecule has 0 saturated carbocycles. The SMILES string of the molecule is CC(C)=CC(=O)NC(CO)c1ccc(Cl)c(F)c1. The first-order valence-electron chi connectivity index (χ1n) is 5.45. The van der Waals surface area contributed by atoms with E-state index in [-0.39, 0.29) is 17.5 Å². The normalized spacial score (nSPS) is 11.8. The number of hydrogen-bond donors (Lipinski definition) is 2. The quantitative estimate of drug-likeness (QED) is 0.827. The zero-order valence-electron chi connectivity index (χ0n) is 10.2. The molecule has 0 aliphatic heterocycles. The first-order valence-corrected chi connectivity index (χ1v) is 5.83. The van der Waals surface area contributed by atoms with Gasteiger partial charge in [-0.3, -0.25) is 4.79 Å². The third kappa shape index (κ3) is 4.13. The van der Waals surface area contributed by atoms with Gasteiger partial charge in [-0.2, -0.15) is 0 Å². The minimum absolute atomic E-state index is 0.00562. The smallest absolute Gasteiger partial charge is 0.244 e. The van der Waals surface area contributed by atoms with Crippen LogP contribution in [0.1, 0.15) is 25.5 Å². The molecule has 1 atom stereocenters. The fraction of sp³-hybridized carbons (Fsp3) is 0.308. The fourth-order valence-electron chi connectivity index (χ4n) is 1.44. The maximum absolute atomic E-state index is 13.3. The van der Waals surface area contributed by atoms with Crippen molar-refractivity contribution in [2.75, 3.05) is 6.61 Å². The van der Waals surface area contributed by atoms with Gasteiger partial charge in [0.15, 0.2) is 0 Å². The Morgan fingerprint density at radius 3 is 2.72 bits per heavy atom. The summed E-state index contributed by atoms with van der Waals surface area (Å²) in [7, 11) is 0. The molecule has 2 N–H and O–H groups in total. The molecule has 0 aromatic heterocycles. The van der Waals surface area contributed by atoms with Crippen LogP contribution in [0.5, 0.6) is 0 Å². The molecule has 0 heterocycles. The Balaban J connectivity index is 2.86. The summed E-state index contributed by atoms with van der Waals surface area (Å²) >= 11 is 5.57. The van der Waals surface area contributed by atoms with E-state index < -0.39 is 11.9 Å². The van der Waals surface area contributed by atoms with Gasteiger partial charge >= 0.3 is 0 Å². The number of rotatable bonds is 4. The van der Waals surface area contributed by atoms with E-state index in [1.807, 2.05) is 0 Å². The van der Waals surface area contributed by atoms with Gasteiger partial charge < -0.3 is 10.4 Å². The monoisotopic (exact) mass is 271 g/mol. The number of allylic oxidation sites excluding steroid dienone is 1. The van der Waals surface area contributed by atoms with Crippen molar-refractivity contribution in [2.24, 2.45) is 0 Å². The molecule has 1 amide bonds. The number of hydrogen-bond acceptors (Lipinski definition) is 2. The number of aliphatic hydroxyl groups is 1. The molecular weight excluding hydrogens is 257 g/mol. The average molecular weight is 272 g/mol. The van der Waals surface area contributed by atoms with Crippen molar-refractivity contribution in [2.45, 2.75) is 19.9 Å². The standard InChI is InChI=1S/C13H15ClFNO2/c1-8(2)5-13(18)16-12(7-17)9-3-4-10(14)11(15)6-9/h3-6,12,17H,7H2,1-2H3,(H,16,18). The molecule has 0 bridgehead atoms. The van der Waals surface area contributed by atoms with Crippen LogP contribution >= 0.6 is 11.6 Å². The molecule has 1 rings (SSSR count). The number of carbonyl (C=O) groups is 1. The van der Waals surface area contributed by atoms with Crippen LogP contribution in [0.15, 0.2) is 29.8 Å². The third-order valence-electron chi connectivity index (χ3n) is 2.26. The first-order chi connectivity index (χ1) is 8.43. The molecule has 0 radical (unpaired) electrons. The van der Waals surface area contributed by atoms with Crippen molar-refractivity contribution < 1.29 is 14.3 Å². The van der Waals surface area contributed by atoms with Crippen molar-refractivity contribution in [3.8, 4) is 0 Å². The van der Waals surface area contributed by atoms with Crippen LogP contribution in [0.2, 0.25) is 5.02 Å². The maximum Gasteiger partial charge on any atom is 0.244 e. The molecule has 98 valence electrons. The maximum atomic E-state index is 13.3. The molecule has 3 nitrogen and oxygen atoms in total. The van der Waals surface area contributed by atoms with Crippen LogP contribution in [0.25, 0.3) is 0 Å². The van der Waals surface area contributed by atoms with Crippen LogP contribution in [0, 0.1) is 5.82 Å². The Morgan fingerprint density at radius 2 is 2.22 bits per heavy atom. The van der Waals surface area contributed by atoms with Gasteiger partial charge in [-0.1, -0.05) is 23.2 Å². The van der Waals surface area contributed by atoms with Gasteiger partial charge in [0.2, 0.25) is 5.91 Å².